The zero-order valence-electron chi connectivity index (χ0n) is 10.1. The minimum Gasteiger partial charge on any atom is -0.395 e. The molecule has 2 N–H and O–H groups in total. The Kier molecular flexibility index (Phi) is 5.03. The van der Waals surface area contributed by atoms with Crippen LogP contribution < -0.4 is 0 Å². The highest BCUT2D eigenvalue weighted by Crippen LogP contribution is 2.32. The van der Waals surface area contributed by atoms with Gasteiger partial charge in [0.25, 0.3) is 0 Å². The fraction of sp³-hybridized carbons (Fsp3) is 0.286. The van der Waals surface area contributed by atoms with Crippen molar-refractivity contribution >= 4 is 38.9 Å². The van der Waals surface area contributed by atoms with Gasteiger partial charge in [-0.2, -0.15) is 0 Å². The summed E-state index contributed by atoms with van der Waals surface area (Å²) in [5.74, 6) is 0. The first kappa shape index (κ1) is 15.0. The van der Waals surface area contributed by atoms with Crippen molar-refractivity contribution in [1.82, 2.24) is 0 Å². The third-order valence-corrected chi connectivity index (χ3v) is 4.96. The van der Waals surface area contributed by atoms with Crippen molar-refractivity contribution < 1.29 is 10.2 Å². The van der Waals surface area contributed by atoms with Gasteiger partial charge < -0.3 is 10.2 Å². The Hall–Kier alpha value is -0.390. The lowest BCUT2D eigenvalue weighted by atomic mass is 9.78. The van der Waals surface area contributed by atoms with Gasteiger partial charge in [0.15, 0.2) is 0 Å². The lowest BCUT2D eigenvalue weighted by molar-refractivity contribution is 0.117. The van der Waals surface area contributed by atoms with Gasteiger partial charge in [-0.25, -0.2) is 0 Å². The van der Waals surface area contributed by atoms with Gasteiger partial charge in [-0.15, -0.1) is 11.3 Å². The summed E-state index contributed by atoms with van der Waals surface area (Å²) in [7, 11) is 0. The van der Waals surface area contributed by atoms with E-state index in [9.17, 15) is 10.2 Å². The lowest BCUT2D eigenvalue weighted by Gasteiger charge is -2.30. The predicted octanol–water partition coefficient (Wildman–Crippen LogP) is 3.63. The predicted molar refractivity (Wildman–Crippen MR) is 83.0 cm³/mol. The number of thiophene rings is 1. The molecule has 0 amide bonds. The van der Waals surface area contributed by atoms with Crippen LogP contribution in [0.5, 0.6) is 0 Å². The van der Waals surface area contributed by atoms with E-state index in [4.69, 9.17) is 11.6 Å². The van der Waals surface area contributed by atoms with E-state index in [0.717, 1.165) is 19.2 Å². The first-order chi connectivity index (χ1) is 9.09. The quantitative estimate of drug-likeness (QED) is 0.854. The Morgan fingerprint density at radius 2 is 1.68 bits per heavy atom. The van der Waals surface area contributed by atoms with E-state index in [-0.39, 0.29) is 13.2 Å². The van der Waals surface area contributed by atoms with Gasteiger partial charge in [0.2, 0.25) is 0 Å². The third kappa shape index (κ3) is 3.38. The van der Waals surface area contributed by atoms with Crippen LogP contribution in [0.4, 0.5) is 0 Å². The van der Waals surface area contributed by atoms with Crippen LogP contribution in [0.3, 0.4) is 0 Å². The minimum atomic E-state index is -0.672. The molecule has 0 saturated heterocycles. The second kappa shape index (κ2) is 6.37. The van der Waals surface area contributed by atoms with Crippen LogP contribution in [0.15, 0.2) is 40.9 Å². The summed E-state index contributed by atoms with van der Waals surface area (Å²) in [5.41, 5.74) is 0.250. The van der Waals surface area contributed by atoms with Crippen molar-refractivity contribution in [3.63, 3.8) is 0 Å². The summed E-state index contributed by atoms with van der Waals surface area (Å²) < 4.78 is 1.69. The van der Waals surface area contributed by atoms with Crippen LogP contribution in [0.25, 0.3) is 0 Å². The van der Waals surface area contributed by atoms with E-state index in [1.165, 1.54) is 11.3 Å². The molecule has 1 aromatic carbocycles. The molecule has 0 atom stereocenters. The number of halogens is 2. The van der Waals surface area contributed by atoms with Crippen molar-refractivity contribution in [3.05, 3.63) is 55.6 Å². The van der Waals surface area contributed by atoms with Gasteiger partial charge >= 0.3 is 0 Å². The minimum absolute atomic E-state index is 0.110. The van der Waals surface area contributed by atoms with Gasteiger partial charge in [-0.1, -0.05) is 39.7 Å². The Morgan fingerprint density at radius 1 is 1.05 bits per heavy atom. The number of aliphatic hydroxyl groups is 2. The Balaban J connectivity index is 2.33. The first-order valence-corrected chi connectivity index (χ1v) is 7.80. The molecular weight excluding hydrogens is 348 g/mol. The fourth-order valence-corrected chi connectivity index (χ4v) is 3.53. The summed E-state index contributed by atoms with van der Waals surface area (Å²) in [6, 6.07) is 11.4. The first-order valence-electron chi connectivity index (χ1n) is 5.81. The molecule has 0 aliphatic rings. The highest BCUT2D eigenvalue weighted by atomic mass is 79.9. The maximum Gasteiger partial charge on any atom is 0.0931 e. The monoisotopic (exact) mass is 360 g/mol. The Labute approximate surface area is 129 Å². The van der Waals surface area contributed by atoms with Gasteiger partial charge in [-0.05, 0) is 36.2 Å². The lowest BCUT2D eigenvalue weighted by Crippen LogP contribution is -2.37. The van der Waals surface area contributed by atoms with E-state index >= 15 is 0 Å². The van der Waals surface area contributed by atoms with Crippen molar-refractivity contribution in [2.75, 3.05) is 13.2 Å². The fourth-order valence-electron chi connectivity index (χ4n) is 2.03. The molecule has 1 aromatic heterocycles. The van der Waals surface area contributed by atoms with Crippen molar-refractivity contribution in [1.29, 1.82) is 0 Å². The summed E-state index contributed by atoms with van der Waals surface area (Å²) in [6.45, 7) is -0.221. The molecule has 0 bridgehead atoms. The van der Waals surface area contributed by atoms with Crippen LogP contribution >= 0.6 is 38.9 Å². The normalized spacial score (nSPS) is 11.8. The van der Waals surface area contributed by atoms with Crippen molar-refractivity contribution in [3.8, 4) is 0 Å². The highest BCUT2D eigenvalue weighted by Gasteiger charge is 2.31. The zero-order chi connectivity index (χ0) is 13.9. The van der Waals surface area contributed by atoms with E-state index < -0.39 is 5.41 Å². The van der Waals surface area contributed by atoms with Crippen molar-refractivity contribution in [2.45, 2.75) is 11.8 Å². The molecule has 19 heavy (non-hydrogen) atoms. The average Bonchev–Trinajstić information content (AvgIpc) is 2.82. The van der Waals surface area contributed by atoms with Crippen LogP contribution in [-0.2, 0) is 11.8 Å². The molecule has 0 aliphatic heterocycles. The molecule has 0 aliphatic carbocycles. The molecule has 5 heteroatoms. The Morgan fingerprint density at radius 3 is 2.16 bits per heavy atom. The van der Waals surface area contributed by atoms with E-state index in [2.05, 4.69) is 15.9 Å². The largest absolute Gasteiger partial charge is 0.395 e. The topological polar surface area (TPSA) is 40.5 Å². The van der Waals surface area contributed by atoms with Crippen LogP contribution in [0, 0.1) is 0 Å². The summed E-state index contributed by atoms with van der Waals surface area (Å²) in [4.78, 5) is 1.05. The molecule has 102 valence electrons. The average molecular weight is 362 g/mol. The Bertz CT molecular complexity index is 535. The van der Waals surface area contributed by atoms with E-state index in [1.807, 2.05) is 36.4 Å². The van der Waals surface area contributed by atoms with Crippen molar-refractivity contribution in [2.24, 2.45) is 0 Å². The molecule has 0 spiro atoms. The summed E-state index contributed by atoms with van der Waals surface area (Å²) in [6.07, 6.45) is 0.568. The molecule has 2 rings (SSSR count). The number of benzene rings is 1. The number of rotatable bonds is 5. The smallest absolute Gasteiger partial charge is 0.0931 e. The second-order valence-corrected chi connectivity index (χ2v) is 7.20. The zero-order valence-corrected chi connectivity index (χ0v) is 13.3. The van der Waals surface area contributed by atoms with Crippen LogP contribution in [-0.4, -0.2) is 23.4 Å². The standard InChI is InChI=1S/C14H14BrClO2S/c15-11-3-1-10(2-4-11)14(8-17,9-18)7-12-5-6-13(16)19-12/h1-6,17-18H,7-9H2. The number of hydrogen-bond donors (Lipinski definition) is 2. The molecule has 2 nitrogen and oxygen atoms in total. The van der Waals surface area contributed by atoms with Gasteiger partial charge in [0, 0.05) is 14.8 Å². The summed E-state index contributed by atoms with van der Waals surface area (Å²) in [5, 5.41) is 19.5. The van der Waals surface area contributed by atoms with Crippen LogP contribution in [0.2, 0.25) is 4.34 Å². The molecule has 1 heterocycles. The number of hydrogen-bond acceptors (Lipinski definition) is 3. The van der Waals surface area contributed by atoms with Gasteiger partial charge in [-0.3, -0.25) is 0 Å². The second-order valence-electron chi connectivity index (χ2n) is 4.49. The molecular formula is C14H14BrClO2S. The molecule has 0 unspecified atom stereocenters. The third-order valence-electron chi connectivity index (χ3n) is 3.20. The van der Waals surface area contributed by atoms with Crippen LogP contribution in [0.1, 0.15) is 10.4 Å². The molecule has 2 aromatic rings. The number of aliphatic hydroxyl groups excluding tert-OH is 2. The molecule has 0 fully saturated rings. The van der Waals surface area contributed by atoms with E-state index in [0.29, 0.717) is 6.42 Å². The SMILES string of the molecule is OCC(CO)(Cc1ccc(Cl)s1)c1ccc(Br)cc1. The molecule has 0 saturated carbocycles. The van der Waals surface area contributed by atoms with Gasteiger partial charge in [0.05, 0.1) is 17.6 Å². The van der Waals surface area contributed by atoms with E-state index in [1.54, 1.807) is 0 Å². The highest BCUT2D eigenvalue weighted by molar-refractivity contribution is 9.10. The summed E-state index contributed by atoms with van der Waals surface area (Å²) >= 11 is 10.8. The van der Waals surface area contributed by atoms with Gasteiger partial charge in [0.1, 0.15) is 0 Å². The maximum atomic E-state index is 9.77. The maximum absolute atomic E-state index is 9.77. The molecule has 0 radical (unpaired) electrons.